The zero-order chi connectivity index (χ0) is 11.4. The van der Waals surface area contributed by atoms with Crippen LogP contribution < -0.4 is 5.32 Å². The highest BCUT2D eigenvalue weighted by Crippen LogP contribution is 2.19. The molecular weight excluding hydrogens is 233 g/mol. The Hall–Kier alpha value is -0.250. The lowest BCUT2D eigenvalue weighted by atomic mass is 10.3. The van der Waals surface area contributed by atoms with Crippen molar-refractivity contribution in [1.82, 2.24) is 15.1 Å². The first-order valence-electron chi connectivity index (χ1n) is 5.12. The third-order valence-electron chi connectivity index (χ3n) is 2.17. The van der Waals surface area contributed by atoms with E-state index in [1.165, 1.54) is 0 Å². The molecule has 0 aliphatic rings. The van der Waals surface area contributed by atoms with Crippen molar-refractivity contribution in [2.24, 2.45) is 0 Å². The molecule has 86 valence electrons. The molecule has 0 bridgehead atoms. The molecule has 0 fully saturated rings. The first-order chi connectivity index (χ1) is 7.06. The van der Waals surface area contributed by atoms with Gasteiger partial charge in [0, 0.05) is 25.0 Å². The Morgan fingerprint density at radius 3 is 2.73 bits per heavy atom. The van der Waals surface area contributed by atoms with Gasteiger partial charge in [-0.25, -0.2) is 0 Å². The van der Waals surface area contributed by atoms with E-state index in [0.29, 0.717) is 6.54 Å². The summed E-state index contributed by atoms with van der Waals surface area (Å²) in [6.07, 6.45) is 0. The Balaban J connectivity index is 2.66. The van der Waals surface area contributed by atoms with Crippen LogP contribution in [0.5, 0.6) is 0 Å². The lowest BCUT2D eigenvalue weighted by Crippen LogP contribution is -2.22. The zero-order valence-corrected chi connectivity index (χ0v) is 10.9. The molecule has 0 saturated heterocycles. The summed E-state index contributed by atoms with van der Waals surface area (Å²) in [5, 5.41) is 8.47. The van der Waals surface area contributed by atoms with E-state index in [4.69, 9.17) is 23.2 Å². The van der Waals surface area contributed by atoms with Crippen LogP contribution >= 0.6 is 23.2 Å². The molecule has 15 heavy (non-hydrogen) atoms. The normalized spacial score (nSPS) is 13.1. The van der Waals surface area contributed by atoms with E-state index in [2.05, 4.69) is 17.3 Å². The second kappa shape index (κ2) is 5.73. The number of aryl methyl sites for hydroxylation is 2. The summed E-state index contributed by atoms with van der Waals surface area (Å²) in [6, 6.07) is 0. The maximum absolute atomic E-state index is 6.15. The molecule has 1 N–H and O–H groups in total. The average molecular weight is 250 g/mol. The predicted octanol–water partition coefficient (Wildman–Crippen LogP) is 2.58. The van der Waals surface area contributed by atoms with Gasteiger partial charge in [0.2, 0.25) is 0 Å². The lowest BCUT2D eigenvalue weighted by Gasteiger charge is -2.08. The van der Waals surface area contributed by atoms with E-state index in [0.717, 1.165) is 29.5 Å². The molecule has 0 spiro atoms. The Morgan fingerprint density at radius 1 is 1.53 bits per heavy atom. The Labute approximate surface area is 101 Å². The summed E-state index contributed by atoms with van der Waals surface area (Å²) in [5.74, 6) is 0. The summed E-state index contributed by atoms with van der Waals surface area (Å²) >= 11 is 12.0. The van der Waals surface area contributed by atoms with E-state index in [-0.39, 0.29) is 5.38 Å². The molecule has 1 unspecified atom stereocenters. The van der Waals surface area contributed by atoms with E-state index in [1.807, 2.05) is 18.5 Å². The summed E-state index contributed by atoms with van der Waals surface area (Å²) in [5.41, 5.74) is 1.92. The molecule has 0 aliphatic carbocycles. The average Bonchev–Trinajstić information content (AvgIpc) is 2.44. The highest BCUT2D eigenvalue weighted by Gasteiger charge is 2.11. The minimum Gasteiger partial charge on any atom is -0.310 e. The molecule has 0 saturated carbocycles. The molecule has 3 nitrogen and oxygen atoms in total. The first-order valence-corrected chi connectivity index (χ1v) is 5.94. The van der Waals surface area contributed by atoms with Crippen molar-refractivity contribution >= 4 is 23.2 Å². The quantitative estimate of drug-likeness (QED) is 0.814. The van der Waals surface area contributed by atoms with Crippen LogP contribution in [0, 0.1) is 6.92 Å². The van der Waals surface area contributed by atoms with Gasteiger partial charge < -0.3 is 5.32 Å². The number of hydrogen-bond acceptors (Lipinski definition) is 2. The maximum Gasteiger partial charge on any atom is 0.0860 e. The van der Waals surface area contributed by atoms with Gasteiger partial charge in [0.15, 0.2) is 0 Å². The number of alkyl halides is 1. The SMILES string of the molecule is CCn1nc(C)c(Cl)c1CNCC(C)Cl. The third kappa shape index (κ3) is 3.37. The highest BCUT2D eigenvalue weighted by atomic mass is 35.5. The largest absolute Gasteiger partial charge is 0.310 e. The molecule has 0 aliphatic heterocycles. The fourth-order valence-corrected chi connectivity index (χ4v) is 1.74. The summed E-state index contributed by atoms with van der Waals surface area (Å²) in [7, 11) is 0. The van der Waals surface area contributed by atoms with Crippen LogP contribution in [-0.2, 0) is 13.1 Å². The molecule has 1 heterocycles. The van der Waals surface area contributed by atoms with Gasteiger partial charge >= 0.3 is 0 Å². The summed E-state index contributed by atoms with van der Waals surface area (Å²) in [4.78, 5) is 0. The fraction of sp³-hybridized carbons (Fsp3) is 0.700. The standard InChI is InChI=1S/C10H17Cl2N3/c1-4-15-9(6-13-5-7(2)11)10(12)8(3)14-15/h7,13H,4-6H2,1-3H3. The molecule has 1 atom stereocenters. The van der Waals surface area contributed by atoms with E-state index in [9.17, 15) is 0 Å². The van der Waals surface area contributed by atoms with Gasteiger partial charge in [-0.2, -0.15) is 5.10 Å². The van der Waals surface area contributed by atoms with Crippen molar-refractivity contribution in [2.75, 3.05) is 6.54 Å². The van der Waals surface area contributed by atoms with E-state index < -0.39 is 0 Å². The highest BCUT2D eigenvalue weighted by molar-refractivity contribution is 6.31. The van der Waals surface area contributed by atoms with Crippen LogP contribution in [-0.4, -0.2) is 21.7 Å². The Kier molecular flexibility index (Phi) is 4.90. The number of hydrogen-bond donors (Lipinski definition) is 1. The van der Waals surface area contributed by atoms with Crippen molar-refractivity contribution < 1.29 is 0 Å². The van der Waals surface area contributed by atoms with Crippen molar-refractivity contribution in [1.29, 1.82) is 0 Å². The molecule has 0 radical (unpaired) electrons. The lowest BCUT2D eigenvalue weighted by molar-refractivity contribution is 0.578. The molecule has 1 aromatic rings. The van der Waals surface area contributed by atoms with Crippen LogP contribution in [0.3, 0.4) is 0 Å². The molecular formula is C10H17Cl2N3. The number of aromatic nitrogens is 2. The van der Waals surface area contributed by atoms with Crippen LogP contribution in [0.1, 0.15) is 25.2 Å². The van der Waals surface area contributed by atoms with Crippen molar-refractivity contribution in [3.05, 3.63) is 16.4 Å². The smallest absolute Gasteiger partial charge is 0.0860 e. The summed E-state index contributed by atoms with van der Waals surface area (Å²) in [6.45, 7) is 8.24. The molecule has 0 amide bonds. The van der Waals surface area contributed by atoms with Gasteiger partial charge in [0.1, 0.15) is 0 Å². The predicted molar refractivity (Wildman–Crippen MR) is 64.7 cm³/mol. The molecule has 1 rings (SSSR count). The maximum atomic E-state index is 6.15. The Morgan fingerprint density at radius 2 is 2.20 bits per heavy atom. The van der Waals surface area contributed by atoms with Gasteiger partial charge in [0.05, 0.1) is 16.4 Å². The second-order valence-corrected chi connectivity index (χ2v) is 4.70. The fourth-order valence-electron chi connectivity index (χ4n) is 1.43. The third-order valence-corrected chi connectivity index (χ3v) is 2.82. The number of nitrogens with zero attached hydrogens (tertiary/aromatic N) is 2. The molecule has 0 aromatic carbocycles. The number of rotatable bonds is 5. The Bertz CT molecular complexity index is 321. The number of nitrogens with one attached hydrogen (secondary N) is 1. The van der Waals surface area contributed by atoms with Gasteiger partial charge in [-0.05, 0) is 20.8 Å². The van der Waals surface area contributed by atoms with Gasteiger partial charge in [-0.15, -0.1) is 11.6 Å². The van der Waals surface area contributed by atoms with Gasteiger partial charge in [-0.3, -0.25) is 4.68 Å². The van der Waals surface area contributed by atoms with Crippen molar-refractivity contribution in [2.45, 2.75) is 39.2 Å². The van der Waals surface area contributed by atoms with Crippen LogP contribution in [0.4, 0.5) is 0 Å². The summed E-state index contributed by atoms with van der Waals surface area (Å²) < 4.78 is 1.92. The van der Waals surface area contributed by atoms with E-state index >= 15 is 0 Å². The topological polar surface area (TPSA) is 29.9 Å². The van der Waals surface area contributed by atoms with Gasteiger partial charge in [-0.1, -0.05) is 11.6 Å². The zero-order valence-electron chi connectivity index (χ0n) is 9.35. The van der Waals surface area contributed by atoms with Gasteiger partial charge in [0.25, 0.3) is 0 Å². The second-order valence-electron chi connectivity index (χ2n) is 3.57. The first kappa shape index (κ1) is 12.8. The number of halogens is 2. The van der Waals surface area contributed by atoms with Crippen LogP contribution in [0.2, 0.25) is 5.02 Å². The van der Waals surface area contributed by atoms with Crippen molar-refractivity contribution in [3.63, 3.8) is 0 Å². The minimum absolute atomic E-state index is 0.128. The van der Waals surface area contributed by atoms with Crippen LogP contribution in [0.15, 0.2) is 0 Å². The molecule has 1 aromatic heterocycles. The minimum atomic E-state index is 0.128. The van der Waals surface area contributed by atoms with E-state index in [1.54, 1.807) is 0 Å². The molecule has 5 heteroatoms. The monoisotopic (exact) mass is 249 g/mol. The van der Waals surface area contributed by atoms with Crippen molar-refractivity contribution in [3.8, 4) is 0 Å². The van der Waals surface area contributed by atoms with Crippen LogP contribution in [0.25, 0.3) is 0 Å².